The first kappa shape index (κ1) is 15.2. The molecule has 0 saturated carbocycles. The number of hydrogen-bond donors (Lipinski definition) is 1. The number of hydrogen-bond acceptors (Lipinski definition) is 4. The molecule has 0 radical (unpaired) electrons. The van der Waals surface area contributed by atoms with Crippen LogP contribution in [0.25, 0.3) is 6.08 Å². The third-order valence-electron chi connectivity index (χ3n) is 2.20. The van der Waals surface area contributed by atoms with E-state index in [4.69, 9.17) is 19.3 Å². The topological polar surface area (TPSA) is 65.0 Å². The predicted octanol–water partition coefficient (Wildman–Crippen LogP) is 1.83. The van der Waals surface area contributed by atoms with Crippen LogP contribution in [0, 0.1) is 0 Å². The van der Waals surface area contributed by atoms with Crippen LogP contribution in [0.3, 0.4) is 0 Å². The Balaban J connectivity index is 2.34. The molecule has 0 aliphatic rings. The Kier molecular flexibility index (Phi) is 7.31. The minimum Gasteiger partial charge on any atom is -0.491 e. The first-order chi connectivity index (χ1) is 9.22. The lowest BCUT2D eigenvalue weighted by molar-refractivity contribution is -0.131. The standard InChI is InChI=1S/C14H18O5/c1-17-7-8-18-9-10-19-13-4-2-3-12(11-13)5-6-14(15)16/h2-6,11H,7-10H2,1H3,(H,15,16)/b6-5+. The van der Waals surface area contributed by atoms with Crippen LogP contribution in [-0.4, -0.2) is 44.6 Å². The maximum absolute atomic E-state index is 10.4. The number of carbonyl (C=O) groups is 1. The minimum absolute atomic E-state index is 0.440. The Hall–Kier alpha value is -1.85. The lowest BCUT2D eigenvalue weighted by atomic mass is 10.2. The van der Waals surface area contributed by atoms with Crippen molar-refractivity contribution in [2.75, 3.05) is 33.5 Å². The van der Waals surface area contributed by atoms with Crippen LogP contribution in [-0.2, 0) is 14.3 Å². The summed E-state index contributed by atoms with van der Waals surface area (Å²) in [5, 5.41) is 8.54. The summed E-state index contributed by atoms with van der Waals surface area (Å²) >= 11 is 0. The van der Waals surface area contributed by atoms with Gasteiger partial charge in [-0.1, -0.05) is 12.1 Å². The van der Waals surface area contributed by atoms with Crippen molar-refractivity contribution in [3.63, 3.8) is 0 Å². The highest BCUT2D eigenvalue weighted by Crippen LogP contribution is 2.14. The van der Waals surface area contributed by atoms with E-state index in [-0.39, 0.29) is 0 Å². The van der Waals surface area contributed by atoms with Gasteiger partial charge in [-0.25, -0.2) is 4.79 Å². The molecule has 0 aromatic heterocycles. The van der Waals surface area contributed by atoms with Gasteiger partial charge >= 0.3 is 5.97 Å². The molecule has 0 amide bonds. The normalized spacial score (nSPS) is 10.8. The first-order valence-electron chi connectivity index (χ1n) is 5.93. The van der Waals surface area contributed by atoms with Crippen LogP contribution in [0.4, 0.5) is 0 Å². The third kappa shape index (κ3) is 7.23. The van der Waals surface area contributed by atoms with Gasteiger partial charge in [0.15, 0.2) is 0 Å². The molecule has 1 aromatic carbocycles. The van der Waals surface area contributed by atoms with E-state index in [1.165, 1.54) is 6.08 Å². The number of carboxylic acid groups (broad SMARTS) is 1. The molecule has 0 fully saturated rings. The maximum atomic E-state index is 10.4. The Morgan fingerprint density at radius 3 is 2.79 bits per heavy atom. The van der Waals surface area contributed by atoms with Crippen molar-refractivity contribution in [2.45, 2.75) is 0 Å². The molecule has 0 spiro atoms. The summed E-state index contributed by atoms with van der Waals surface area (Å²) in [6.07, 6.45) is 2.61. The molecule has 1 rings (SSSR count). The highest BCUT2D eigenvalue weighted by molar-refractivity contribution is 5.85. The second-order valence-electron chi connectivity index (χ2n) is 3.70. The van der Waals surface area contributed by atoms with Crippen molar-refractivity contribution in [3.05, 3.63) is 35.9 Å². The highest BCUT2D eigenvalue weighted by atomic mass is 16.5. The zero-order chi connectivity index (χ0) is 13.9. The molecule has 5 nitrogen and oxygen atoms in total. The lowest BCUT2D eigenvalue weighted by Gasteiger charge is -2.07. The van der Waals surface area contributed by atoms with Crippen LogP contribution >= 0.6 is 0 Å². The van der Waals surface area contributed by atoms with Gasteiger partial charge in [0, 0.05) is 13.2 Å². The van der Waals surface area contributed by atoms with Crippen LogP contribution in [0.2, 0.25) is 0 Å². The Bertz CT molecular complexity index is 414. The van der Waals surface area contributed by atoms with E-state index < -0.39 is 5.97 Å². The smallest absolute Gasteiger partial charge is 0.328 e. The fourth-order valence-corrected chi connectivity index (χ4v) is 1.34. The van der Waals surface area contributed by atoms with Gasteiger partial charge in [0.1, 0.15) is 12.4 Å². The van der Waals surface area contributed by atoms with Crippen molar-refractivity contribution in [1.82, 2.24) is 0 Å². The molecule has 0 saturated heterocycles. The first-order valence-corrected chi connectivity index (χ1v) is 5.93. The van der Waals surface area contributed by atoms with Gasteiger partial charge < -0.3 is 19.3 Å². The molecule has 104 valence electrons. The van der Waals surface area contributed by atoms with Gasteiger partial charge in [-0.2, -0.15) is 0 Å². The zero-order valence-corrected chi connectivity index (χ0v) is 10.9. The molecule has 0 heterocycles. The molecule has 0 atom stereocenters. The number of benzene rings is 1. The minimum atomic E-state index is -0.974. The molecule has 5 heteroatoms. The van der Waals surface area contributed by atoms with Gasteiger partial charge in [0.2, 0.25) is 0 Å². The van der Waals surface area contributed by atoms with Crippen LogP contribution in [0.1, 0.15) is 5.56 Å². The largest absolute Gasteiger partial charge is 0.491 e. The quantitative estimate of drug-likeness (QED) is 0.545. The van der Waals surface area contributed by atoms with Crippen molar-refractivity contribution in [2.24, 2.45) is 0 Å². The number of ether oxygens (including phenoxy) is 3. The van der Waals surface area contributed by atoms with E-state index in [9.17, 15) is 4.79 Å². The molecule has 0 unspecified atom stereocenters. The summed E-state index contributed by atoms with van der Waals surface area (Å²) < 4.78 is 15.6. The summed E-state index contributed by atoms with van der Waals surface area (Å²) in [4.78, 5) is 10.4. The van der Waals surface area contributed by atoms with Crippen LogP contribution < -0.4 is 4.74 Å². The van der Waals surface area contributed by atoms with Crippen LogP contribution in [0.15, 0.2) is 30.3 Å². The summed E-state index contributed by atoms with van der Waals surface area (Å²) in [7, 11) is 1.62. The zero-order valence-electron chi connectivity index (χ0n) is 10.9. The average Bonchev–Trinajstić information content (AvgIpc) is 2.41. The third-order valence-corrected chi connectivity index (χ3v) is 2.20. The molecule has 1 aromatic rings. The molecule has 0 aliphatic heterocycles. The van der Waals surface area contributed by atoms with Gasteiger partial charge in [-0.3, -0.25) is 0 Å². The van der Waals surface area contributed by atoms with E-state index in [1.807, 2.05) is 12.1 Å². The molecular weight excluding hydrogens is 248 g/mol. The summed E-state index contributed by atoms with van der Waals surface area (Å²) in [5.74, 6) is -0.291. The number of rotatable bonds is 9. The summed E-state index contributed by atoms with van der Waals surface area (Å²) in [6, 6.07) is 7.20. The highest BCUT2D eigenvalue weighted by Gasteiger charge is 1.96. The van der Waals surface area contributed by atoms with E-state index in [1.54, 1.807) is 19.2 Å². The Morgan fingerprint density at radius 2 is 2.05 bits per heavy atom. The number of methoxy groups -OCH3 is 1. The van der Waals surface area contributed by atoms with Crippen molar-refractivity contribution in [1.29, 1.82) is 0 Å². The van der Waals surface area contributed by atoms with E-state index in [2.05, 4.69) is 0 Å². The predicted molar refractivity (Wildman–Crippen MR) is 71.3 cm³/mol. The number of aliphatic carboxylic acids is 1. The lowest BCUT2D eigenvalue weighted by Crippen LogP contribution is -2.09. The van der Waals surface area contributed by atoms with Crippen molar-refractivity contribution >= 4 is 12.0 Å². The van der Waals surface area contributed by atoms with Gasteiger partial charge in [0.05, 0.1) is 19.8 Å². The molecular formula is C14H18O5. The maximum Gasteiger partial charge on any atom is 0.328 e. The molecule has 1 N–H and O–H groups in total. The van der Waals surface area contributed by atoms with Crippen molar-refractivity contribution < 1.29 is 24.1 Å². The fraction of sp³-hybridized carbons (Fsp3) is 0.357. The second-order valence-corrected chi connectivity index (χ2v) is 3.70. The van der Waals surface area contributed by atoms with E-state index in [0.29, 0.717) is 32.2 Å². The van der Waals surface area contributed by atoms with Crippen LogP contribution in [0.5, 0.6) is 5.75 Å². The monoisotopic (exact) mass is 266 g/mol. The average molecular weight is 266 g/mol. The van der Waals surface area contributed by atoms with E-state index in [0.717, 1.165) is 11.6 Å². The Labute approximate surface area is 112 Å². The van der Waals surface area contributed by atoms with Gasteiger partial charge in [0.25, 0.3) is 0 Å². The molecule has 0 bridgehead atoms. The number of carboxylic acids is 1. The van der Waals surface area contributed by atoms with Crippen molar-refractivity contribution in [3.8, 4) is 5.75 Å². The molecule has 19 heavy (non-hydrogen) atoms. The van der Waals surface area contributed by atoms with E-state index >= 15 is 0 Å². The second kappa shape index (κ2) is 9.13. The summed E-state index contributed by atoms with van der Waals surface area (Å²) in [6.45, 7) is 2.03. The van der Waals surface area contributed by atoms with Gasteiger partial charge in [-0.05, 0) is 23.8 Å². The Morgan fingerprint density at radius 1 is 1.26 bits per heavy atom. The fourth-order valence-electron chi connectivity index (χ4n) is 1.34. The van der Waals surface area contributed by atoms with Gasteiger partial charge in [-0.15, -0.1) is 0 Å². The molecule has 0 aliphatic carbocycles. The summed E-state index contributed by atoms with van der Waals surface area (Å²) in [5.41, 5.74) is 0.778. The SMILES string of the molecule is COCCOCCOc1cccc(/C=C/C(=O)O)c1.